The minimum Gasteiger partial charge on any atom is -0.282 e. The van der Waals surface area contributed by atoms with Crippen LogP contribution in [0.4, 0.5) is 0 Å². The summed E-state index contributed by atoms with van der Waals surface area (Å²) in [4.78, 5) is 4.82. The molecular formula is C24H16Cl2N4. The predicted molar refractivity (Wildman–Crippen MR) is 124 cm³/mol. The average molecular weight is 431 g/mol. The summed E-state index contributed by atoms with van der Waals surface area (Å²) in [6.45, 7) is 0. The maximum atomic E-state index is 6.43. The molecule has 30 heavy (non-hydrogen) atoms. The highest BCUT2D eigenvalue weighted by molar-refractivity contribution is 6.36. The Balaban J connectivity index is 1.68. The van der Waals surface area contributed by atoms with Gasteiger partial charge in [0.05, 0.1) is 28.8 Å². The van der Waals surface area contributed by atoms with Crippen LogP contribution < -0.4 is 0 Å². The molecule has 0 aliphatic heterocycles. The molecule has 5 rings (SSSR count). The molecule has 6 heteroatoms. The second-order valence-electron chi connectivity index (χ2n) is 6.80. The Bertz CT molecular complexity index is 1350. The molecule has 0 N–H and O–H groups in total. The number of imidazole rings is 2. The Labute approximate surface area is 183 Å². The van der Waals surface area contributed by atoms with E-state index < -0.39 is 0 Å². The highest BCUT2D eigenvalue weighted by Gasteiger charge is 2.16. The van der Waals surface area contributed by atoms with Gasteiger partial charge in [0.15, 0.2) is 0 Å². The minimum absolute atomic E-state index is 0.559. The molecule has 0 amide bonds. The number of aromatic nitrogens is 3. The van der Waals surface area contributed by atoms with E-state index in [0.717, 1.165) is 28.1 Å². The summed E-state index contributed by atoms with van der Waals surface area (Å²) < 4.78 is 3.81. The van der Waals surface area contributed by atoms with Crippen LogP contribution in [0.5, 0.6) is 0 Å². The first-order chi connectivity index (χ1) is 14.7. The van der Waals surface area contributed by atoms with Gasteiger partial charge in [0.1, 0.15) is 0 Å². The van der Waals surface area contributed by atoms with Crippen molar-refractivity contribution in [2.75, 3.05) is 0 Å². The van der Waals surface area contributed by atoms with E-state index in [0.29, 0.717) is 15.8 Å². The van der Waals surface area contributed by atoms with Crippen LogP contribution in [0, 0.1) is 0 Å². The number of benzene rings is 3. The molecule has 0 saturated heterocycles. The second kappa shape index (κ2) is 7.82. The normalized spacial score (nSPS) is 11.5. The molecular weight excluding hydrogens is 415 g/mol. The van der Waals surface area contributed by atoms with Gasteiger partial charge >= 0.3 is 0 Å². The van der Waals surface area contributed by atoms with Crippen molar-refractivity contribution in [1.82, 2.24) is 14.1 Å². The maximum Gasteiger partial charge on any atom is 0.236 e. The van der Waals surface area contributed by atoms with Crippen molar-refractivity contribution < 1.29 is 0 Å². The van der Waals surface area contributed by atoms with E-state index in [9.17, 15) is 0 Å². The Hall–Kier alpha value is -3.34. The van der Waals surface area contributed by atoms with Gasteiger partial charge in [-0.1, -0.05) is 83.9 Å². The van der Waals surface area contributed by atoms with E-state index in [2.05, 4.69) is 17.2 Å². The van der Waals surface area contributed by atoms with Crippen LogP contribution in [0.1, 0.15) is 5.56 Å². The van der Waals surface area contributed by atoms with E-state index in [-0.39, 0.29) is 0 Å². The van der Waals surface area contributed by atoms with Crippen LogP contribution in [0.25, 0.3) is 28.3 Å². The summed E-state index contributed by atoms with van der Waals surface area (Å²) in [6.07, 6.45) is 5.77. The molecule has 146 valence electrons. The third-order valence-corrected chi connectivity index (χ3v) is 5.35. The fourth-order valence-electron chi connectivity index (χ4n) is 3.35. The van der Waals surface area contributed by atoms with Crippen molar-refractivity contribution in [2.45, 2.75) is 0 Å². The Morgan fingerprint density at radius 1 is 0.833 bits per heavy atom. The zero-order valence-corrected chi connectivity index (χ0v) is 17.3. The Morgan fingerprint density at radius 3 is 2.30 bits per heavy atom. The molecule has 0 bridgehead atoms. The smallest absolute Gasteiger partial charge is 0.236 e. The van der Waals surface area contributed by atoms with Crippen molar-refractivity contribution >= 4 is 35.2 Å². The molecule has 2 aromatic heterocycles. The first kappa shape index (κ1) is 18.7. The third kappa shape index (κ3) is 3.52. The number of hydrogen-bond donors (Lipinski definition) is 0. The summed E-state index contributed by atoms with van der Waals surface area (Å²) in [7, 11) is 0. The van der Waals surface area contributed by atoms with Crippen LogP contribution in [0.2, 0.25) is 10.0 Å². The van der Waals surface area contributed by atoms with Gasteiger partial charge in [0.25, 0.3) is 0 Å². The number of hydrogen-bond acceptors (Lipinski definition) is 2. The van der Waals surface area contributed by atoms with Gasteiger partial charge in [-0.05, 0) is 23.8 Å². The van der Waals surface area contributed by atoms with Crippen molar-refractivity contribution in [3.8, 4) is 22.5 Å². The molecule has 0 fully saturated rings. The first-order valence-corrected chi connectivity index (χ1v) is 10.2. The van der Waals surface area contributed by atoms with Gasteiger partial charge in [0.2, 0.25) is 5.78 Å². The lowest BCUT2D eigenvalue weighted by atomic mass is 10.1. The van der Waals surface area contributed by atoms with Gasteiger partial charge < -0.3 is 0 Å². The zero-order valence-electron chi connectivity index (χ0n) is 15.8. The largest absolute Gasteiger partial charge is 0.282 e. The topological polar surface area (TPSA) is 34.6 Å². The summed E-state index contributed by atoms with van der Waals surface area (Å²) in [6, 6.07) is 25.5. The molecule has 2 heterocycles. The highest BCUT2D eigenvalue weighted by atomic mass is 35.5. The fourth-order valence-corrected chi connectivity index (χ4v) is 3.85. The maximum absolute atomic E-state index is 6.43. The summed E-state index contributed by atoms with van der Waals surface area (Å²) in [5, 5.41) is 5.80. The summed E-state index contributed by atoms with van der Waals surface area (Å²) >= 11 is 12.5. The van der Waals surface area contributed by atoms with E-state index in [1.807, 2.05) is 83.7 Å². The Kier molecular flexibility index (Phi) is 4.87. The fraction of sp³-hybridized carbons (Fsp3) is 0. The van der Waals surface area contributed by atoms with E-state index in [4.69, 9.17) is 28.2 Å². The molecule has 0 aliphatic carbocycles. The van der Waals surface area contributed by atoms with Crippen molar-refractivity contribution in [3.63, 3.8) is 0 Å². The van der Waals surface area contributed by atoms with E-state index >= 15 is 0 Å². The first-order valence-electron chi connectivity index (χ1n) is 9.40. The predicted octanol–water partition coefficient (Wildman–Crippen LogP) is 6.66. The number of nitrogens with zero attached hydrogens (tertiary/aromatic N) is 4. The quantitative estimate of drug-likeness (QED) is 0.293. The van der Waals surface area contributed by atoms with Gasteiger partial charge in [0, 0.05) is 22.3 Å². The number of fused-ring (bicyclic) bond motifs is 1. The zero-order chi connectivity index (χ0) is 20.5. The molecule has 0 unspecified atom stereocenters. The van der Waals surface area contributed by atoms with E-state index in [1.54, 1.807) is 10.7 Å². The van der Waals surface area contributed by atoms with Crippen molar-refractivity contribution in [3.05, 3.63) is 107 Å². The second-order valence-corrected chi connectivity index (χ2v) is 7.64. The molecule has 0 aliphatic rings. The standard InChI is InChI=1S/C24H16Cl2N4/c25-19-11-12-20(21(26)13-19)22-15-29-23(18-9-5-2-6-10-18)16-30(24(29)28-22)27-14-17-7-3-1-4-8-17/h1-16H/b27-14-. The van der Waals surface area contributed by atoms with Crippen LogP contribution in [-0.2, 0) is 0 Å². The lowest BCUT2D eigenvalue weighted by Gasteiger charge is -2.01. The molecule has 0 radical (unpaired) electrons. The van der Waals surface area contributed by atoms with Crippen LogP contribution >= 0.6 is 23.2 Å². The van der Waals surface area contributed by atoms with Gasteiger partial charge in [-0.15, -0.1) is 0 Å². The molecule has 0 saturated carbocycles. The van der Waals surface area contributed by atoms with Crippen LogP contribution in [0.15, 0.2) is 96.4 Å². The monoisotopic (exact) mass is 430 g/mol. The minimum atomic E-state index is 0.559. The molecule has 5 aromatic rings. The van der Waals surface area contributed by atoms with Gasteiger partial charge in [-0.2, -0.15) is 5.10 Å². The van der Waals surface area contributed by atoms with Crippen molar-refractivity contribution in [1.29, 1.82) is 0 Å². The van der Waals surface area contributed by atoms with Crippen LogP contribution in [0.3, 0.4) is 0 Å². The van der Waals surface area contributed by atoms with Gasteiger partial charge in [-0.3, -0.25) is 4.40 Å². The van der Waals surface area contributed by atoms with Crippen molar-refractivity contribution in [2.24, 2.45) is 5.10 Å². The van der Waals surface area contributed by atoms with E-state index in [1.165, 1.54) is 0 Å². The van der Waals surface area contributed by atoms with Gasteiger partial charge in [-0.25, -0.2) is 9.66 Å². The molecule has 0 spiro atoms. The molecule has 3 aromatic carbocycles. The summed E-state index contributed by atoms with van der Waals surface area (Å²) in [5.41, 5.74) is 4.65. The molecule has 0 atom stereocenters. The third-order valence-electron chi connectivity index (χ3n) is 4.80. The lowest BCUT2D eigenvalue weighted by Crippen LogP contribution is -1.90. The Morgan fingerprint density at radius 2 is 1.57 bits per heavy atom. The SMILES string of the molecule is Clc1ccc(-c2cn3c(-c4ccccc4)cn(/N=C\c4ccccc4)c3n2)c(Cl)c1. The summed E-state index contributed by atoms with van der Waals surface area (Å²) in [5.74, 6) is 0.696. The molecule has 4 nitrogen and oxygen atoms in total. The van der Waals surface area contributed by atoms with Crippen LogP contribution in [-0.4, -0.2) is 20.3 Å². The average Bonchev–Trinajstić information content (AvgIpc) is 3.33. The number of halogens is 2. The lowest BCUT2D eigenvalue weighted by molar-refractivity contribution is 0.906. The number of rotatable bonds is 4. The highest BCUT2D eigenvalue weighted by Crippen LogP contribution is 2.32.